The van der Waals surface area contributed by atoms with Crippen molar-refractivity contribution >= 4 is 16.8 Å². The first-order valence-corrected chi connectivity index (χ1v) is 8.63. The molecule has 0 aliphatic carbocycles. The van der Waals surface area contributed by atoms with E-state index in [2.05, 4.69) is 18.0 Å². The number of rotatable bonds is 4. The molecule has 1 aliphatic heterocycles. The monoisotopic (exact) mass is 332 g/mol. The van der Waals surface area contributed by atoms with Gasteiger partial charge in [-0.25, -0.2) is 0 Å². The van der Waals surface area contributed by atoms with Crippen molar-refractivity contribution in [2.24, 2.45) is 0 Å². The van der Waals surface area contributed by atoms with E-state index in [1.54, 1.807) is 6.20 Å². The summed E-state index contributed by atoms with van der Waals surface area (Å²) in [6, 6.07) is 17.6. The van der Waals surface area contributed by atoms with Crippen LogP contribution in [0.4, 0.5) is 0 Å². The van der Waals surface area contributed by atoms with Gasteiger partial charge in [0.05, 0.1) is 18.6 Å². The van der Waals surface area contributed by atoms with Gasteiger partial charge in [-0.15, -0.1) is 0 Å². The Hall–Kier alpha value is -2.88. The number of fused-ring (bicyclic) bond motifs is 1. The zero-order chi connectivity index (χ0) is 17.2. The molecule has 0 radical (unpaired) electrons. The highest BCUT2D eigenvalue weighted by Crippen LogP contribution is 2.24. The van der Waals surface area contributed by atoms with Crippen molar-refractivity contribution in [1.82, 2.24) is 9.88 Å². The Bertz CT molecular complexity index is 916. The summed E-state index contributed by atoms with van der Waals surface area (Å²) in [4.78, 5) is 18.8. The van der Waals surface area contributed by atoms with Crippen LogP contribution in [0.5, 0.6) is 5.75 Å². The number of hydrogen-bond donors (Lipinski definition) is 0. The zero-order valence-electron chi connectivity index (χ0n) is 14.2. The summed E-state index contributed by atoms with van der Waals surface area (Å²) in [5, 5.41) is 0.985. The molecule has 1 amide bonds. The van der Waals surface area contributed by atoms with Gasteiger partial charge in [-0.2, -0.15) is 0 Å². The second kappa shape index (κ2) is 6.55. The van der Waals surface area contributed by atoms with Crippen molar-refractivity contribution in [3.05, 3.63) is 71.9 Å². The maximum atomic E-state index is 12.6. The zero-order valence-corrected chi connectivity index (χ0v) is 14.2. The molecule has 0 unspecified atom stereocenters. The highest BCUT2D eigenvalue weighted by atomic mass is 16.5. The third-order valence-electron chi connectivity index (χ3n) is 4.63. The molecule has 0 bridgehead atoms. The lowest BCUT2D eigenvalue weighted by molar-refractivity contribution is 0.0175. The Morgan fingerprint density at radius 3 is 2.84 bits per heavy atom. The van der Waals surface area contributed by atoms with Crippen LogP contribution >= 0.6 is 0 Å². The standard InChI is InChI=1S/C21H20N2O2/c1-2-15-6-3-4-8-20(15)25-18-13-23(14-18)21(24)17-9-10-19-16(12-17)7-5-11-22-19/h3-12,18H,2,13-14H2,1H3. The average Bonchev–Trinajstić information content (AvgIpc) is 2.63. The molecular weight excluding hydrogens is 312 g/mol. The van der Waals surface area contributed by atoms with E-state index in [9.17, 15) is 4.79 Å². The first kappa shape index (κ1) is 15.6. The second-order valence-corrected chi connectivity index (χ2v) is 6.32. The highest BCUT2D eigenvalue weighted by molar-refractivity contribution is 5.98. The van der Waals surface area contributed by atoms with E-state index >= 15 is 0 Å². The number of pyridine rings is 1. The van der Waals surface area contributed by atoms with Crippen LogP contribution in [0.1, 0.15) is 22.8 Å². The second-order valence-electron chi connectivity index (χ2n) is 6.32. The quantitative estimate of drug-likeness (QED) is 0.731. The van der Waals surface area contributed by atoms with Crippen LogP contribution in [0.25, 0.3) is 10.9 Å². The number of aryl methyl sites for hydroxylation is 1. The number of aromatic nitrogens is 1. The van der Waals surface area contributed by atoms with Crippen LogP contribution in [0.3, 0.4) is 0 Å². The molecule has 1 aromatic heterocycles. The first-order valence-electron chi connectivity index (χ1n) is 8.63. The third kappa shape index (κ3) is 3.07. The van der Waals surface area contributed by atoms with Gasteiger partial charge in [-0.05, 0) is 42.3 Å². The predicted octanol–water partition coefficient (Wildman–Crippen LogP) is 3.70. The van der Waals surface area contributed by atoms with Gasteiger partial charge in [0, 0.05) is 17.1 Å². The fourth-order valence-electron chi connectivity index (χ4n) is 3.16. The minimum Gasteiger partial charge on any atom is -0.486 e. The van der Waals surface area contributed by atoms with E-state index in [1.807, 2.05) is 53.4 Å². The van der Waals surface area contributed by atoms with Crippen LogP contribution in [-0.4, -0.2) is 35.0 Å². The molecule has 1 aliphatic rings. The molecule has 2 heterocycles. The molecule has 0 spiro atoms. The third-order valence-corrected chi connectivity index (χ3v) is 4.63. The molecule has 4 rings (SSSR count). The van der Waals surface area contributed by atoms with E-state index in [0.29, 0.717) is 18.7 Å². The van der Waals surface area contributed by atoms with E-state index in [0.717, 1.165) is 23.1 Å². The van der Waals surface area contributed by atoms with Crippen molar-refractivity contribution in [3.63, 3.8) is 0 Å². The van der Waals surface area contributed by atoms with Crippen LogP contribution in [-0.2, 0) is 6.42 Å². The molecule has 0 saturated carbocycles. The van der Waals surface area contributed by atoms with E-state index < -0.39 is 0 Å². The molecule has 2 aromatic carbocycles. The van der Waals surface area contributed by atoms with Crippen molar-refractivity contribution in [3.8, 4) is 5.75 Å². The number of carbonyl (C=O) groups excluding carboxylic acids is 1. The smallest absolute Gasteiger partial charge is 0.254 e. The van der Waals surface area contributed by atoms with Crippen molar-refractivity contribution in [1.29, 1.82) is 0 Å². The van der Waals surface area contributed by atoms with Gasteiger partial charge < -0.3 is 9.64 Å². The van der Waals surface area contributed by atoms with Crippen LogP contribution in [0.2, 0.25) is 0 Å². The highest BCUT2D eigenvalue weighted by Gasteiger charge is 2.33. The number of benzene rings is 2. The summed E-state index contributed by atoms with van der Waals surface area (Å²) in [5.41, 5.74) is 2.81. The lowest BCUT2D eigenvalue weighted by atomic mass is 10.1. The van der Waals surface area contributed by atoms with Gasteiger partial charge in [0.2, 0.25) is 0 Å². The number of amides is 1. The van der Waals surface area contributed by atoms with Crippen LogP contribution < -0.4 is 4.74 Å². The Kier molecular flexibility index (Phi) is 4.10. The van der Waals surface area contributed by atoms with Crippen molar-refractivity contribution < 1.29 is 9.53 Å². The summed E-state index contributed by atoms with van der Waals surface area (Å²) >= 11 is 0. The molecule has 0 atom stereocenters. The number of para-hydroxylation sites is 1. The van der Waals surface area contributed by atoms with Crippen molar-refractivity contribution in [2.75, 3.05) is 13.1 Å². The Balaban J connectivity index is 1.41. The number of carbonyl (C=O) groups is 1. The fraction of sp³-hybridized carbons (Fsp3) is 0.238. The summed E-state index contributed by atoms with van der Waals surface area (Å²) < 4.78 is 6.05. The summed E-state index contributed by atoms with van der Waals surface area (Å²) in [6.45, 7) is 3.37. The molecule has 1 saturated heterocycles. The summed E-state index contributed by atoms with van der Waals surface area (Å²) in [6.07, 6.45) is 2.77. The molecule has 0 N–H and O–H groups in total. The molecular formula is C21H20N2O2. The minimum atomic E-state index is 0.0504. The molecule has 25 heavy (non-hydrogen) atoms. The predicted molar refractivity (Wildman–Crippen MR) is 97.9 cm³/mol. The van der Waals surface area contributed by atoms with Crippen LogP contribution in [0, 0.1) is 0 Å². The summed E-state index contributed by atoms with van der Waals surface area (Å²) in [7, 11) is 0. The van der Waals surface area contributed by atoms with Crippen LogP contribution in [0.15, 0.2) is 60.8 Å². The van der Waals surface area contributed by atoms with Gasteiger partial charge >= 0.3 is 0 Å². The number of nitrogens with zero attached hydrogens (tertiary/aromatic N) is 2. The van der Waals surface area contributed by atoms with E-state index in [1.165, 1.54) is 5.56 Å². The molecule has 1 fully saturated rings. The van der Waals surface area contributed by atoms with E-state index in [4.69, 9.17) is 4.74 Å². The maximum Gasteiger partial charge on any atom is 0.254 e. The largest absolute Gasteiger partial charge is 0.486 e. The number of likely N-dealkylation sites (tertiary alicyclic amines) is 1. The maximum absolute atomic E-state index is 12.6. The Morgan fingerprint density at radius 2 is 2.00 bits per heavy atom. The Morgan fingerprint density at radius 1 is 1.16 bits per heavy atom. The molecule has 4 nitrogen and oxygen atoms in total. The van der Waals surface area contributed by atoms with Gasteiger partial charge in [0.1, 0.15) is 11.9 Å². The number of ether oxygens (including phenoxy) is 1. The normalized spacial score (nSPS) is 14.4. The van der Waals surface area contributed by atoms with Crippen molar-refractivity contribution in [2.45, 2.75) is 19.4 Å². The SMILES string of the molecule is CCc1ccccc1OC1CN(C(=O)c2ccc3ncccc3c2)C1. The fourth-order valence-corrected chi connectivity index (χ4v) is 3.16. The number of hydrogen-bond acceptors (Lipinski definition) is 3. The minimum absolute atomic E-state index is 0.0504. The first-order chi connectivity index (χ1) is 12.2. The lowest BCUT2D eigenvalue weighted by Crippen LogP contribution is -2.56. The van der Waals surface area contributed by atoms with Gasteiger partial charge in [0.25, 0.3) is 5.91 Å². The molecule has 3 aromatic rings. The molecule has 4 heteroatoms. The lowest BCUT2D eigenvalue weighted by Gasteiger charge is -2.39. The molecule has 126 valence electrons. The topological polar surface area (TPSA) is 42.4 Å². The summed E-state index contributed by atoms with van der Waals surface area (Å²) in [5.74, 6) is 0.980. The Labute approximate surface area is 147 Å². The van der Waals surface area contributed by atoms with E-state index in [-0.39, 0.29) is 12.0 Å². The van der Waals surface area contributed by atoms with Gasteiger partial charge in [0.15, 0.2) is 0 Å². The average molecular weight is 332 g/mol. The van der Waals surface area contributed by atoms with Gasteiger partial charge in [-0.3, -0.25) is 9.78 Å². The van der Waals surface area contributed by atoms with Gasteiger partial charge in [-0.1, -0.05) is 31.2 Å².